The average molecular weight is 258 g/mol. The first-order chi connectivity index (χ1) is 9.33. The van der Waals surface area contributed by atoms with Gasteiger partial charge in [0.05, 0.1) is 6.61 Å². The highest BCUT2D eigenvalue weighted by Gasteiger charge is 2.20. The Bertz CT molecular complexity index is 383. The van der Waals surface area contributed by atoms with Crippen molar-refractivity contribution in [2.45, 2.75) is 44.9 Å². The van der Waals surface area contributed by atoms with Crippen molar-refractivity contribution in [3.63, 3.8) is 0 Å². The van der Waals surface area contributed by atoms with Crippen molar-refractivity contribution >= 4 is 0 Å². The monoisotopic (exact) mass is 258 g/mol. The summed E-state index contributed by atoms with van der Waals surface area (Å²) in [6.45, 7) is 2.96. The second-order valence-corrected chi connectivity index (χ2v) is 5.59. The van der Waals surface area contributed by atoms with Crippen molar-refractivity contribution in [1.29, 1.82) is 0 Å². The van der Waals surface area contributed by atoms with Gasteiger partial charge in [-0.1, -0.05) is 43.3 Å². The number of allylic oxidation sites excluding steroid dienone is 1. The number of methoxy groups -OCH3 is 1. The van der Waals surface area contributed by atoms with E-state index in [0.29, 0.717) is 0 Å². The first kappa shape index (κ1) is 14.3. The Balaban J connectivity index is 1.85. The molecule has 1 aromatic carbocycles. The molecule has 1 saturated carbocycles. The third kappa shape index (κ3) is 4.21. The van der Waals surface area contributed by atoms with Crippen LogP contribution in [0.4, 0.5) is 0 Å². The van der Waals surface area contributed by atoms with Gasteiger partial charge in [-0.2, -0.15) is 0 Å². The SMILES string of the molecule is CCc1ccc(C2CCC(C=CCOC)CC2)cc1. The number of ether oxygens (including phenoxy) is 1. The second-order valence-electron chi connectivity index (χ2n) is 5.59. The van der Waals surface area contributed by atoms with Crippen LogP contribution < -0.4 is 0 Å². The van der Waals surface area contributed by atoms with E-state index < -0.39 is 0 Å². The Morgan fingerprint density at radius 2 is 1.79 bits per heavy atom. The van der Waals surface area contributed by atoms with Gasteiger partial charge < -0.3 is 4.74 Å². The molecule has 1 aliphatic rings. The van der Waals surface area contributed by atoms with E-state index in [1.54, 1.807) is 7.11 Å². The van der Waals surface area contributed by atoms with Crippen molar-refractivity contribution in [3.8, 4) is 0 Å². The molecule has 0 amide bonds. The molecule has 1 aliphatic carbocycles. The Morgan fingerprint density at radius 3 is 2.37 bits per heavy atom. The van der Waals surface area contributed by atoms with E-state index in [-0.39, 0.29) is 0 Å². The number of hydrogen-bond donors (Lipinski definition) is 0. The molecule has 19 heavy (non-hydrogen) atoms. The Morgan fingerprint density at radius 1 is 1.11 bits per heavy atom. The van der Waals surface area contributed by atoms with Crippen molar-refractivity contribution in [3.05, 3.63) is 47.5 Å². The summed E-state index contributed by atoms with van der Waals surface area (Å²) >= 11 is 0. The molecule has 104 valence electrons. The van der Waals surface area contributed by atoms with Crippen LogP contribution in [0.25, 0.3) is 0 Å². The minimum atomic E-state index is 0.748. The van der Waals surface area contributed by atoms with Crippen molar-refractivity contribution in [1.82, 2.24) is 0 Å². The molecular formula is C18H26O. The molecule has 0 heterocycles. The first-order valence-corrected chi connectivity index (χ1v) is 7.58. The quantitative estimate of drug-likeness (QED) is 0.694. The van der Waals surface area contributed by atoms with Crippen LogP contribution in [0.15, 0.2) is 36.4 Å². The van der Waals surface area contributed by atoms with E-state index in [1.807, 2.05) is 0 Å². The van der Waals surface area contributed by atoms with Crippen molar-refractivity contribution in [2.24, 2.45) is 5.92 Å². The van der Waals surface area contributed by atoms with Gasteiger partial charge >= 0.3 is 0 Å². The van der Waals surface area contributed by atoms with Crippen LogP contribution in [-0.2, 0) is 11.2 Å². The standard InChI is InChI=1S/C18H26O/c1-3-15-6-10-17(11-7-15)18-12-8-16(9-13-18)5-4-14-19-2/h4-7,10-11,16,18H,3,8-9,12-14H2,1-2H3. The second kappa shape index (κ2) is 7.49. The molecule has 1 aromatic rings. The summed E-state index contributed by atoms with van der Waals surface area (Å²) < 4.78 is 5.06. The zero-order valence-electron chi connectivity index (χ0n) is 12.3. The summed E-state index contributed by atoms with van der Waals surface area (Å²) in [5.41, 5.74) is 2.98. The Kier molecular flexibility index (Phi) is 5.65. The van der Waals surface area contributed by atoms with Gasteiger partial charge in [-0.3, -0.25) is 0 Å². The zero-order valence-corrected chi connectivity index (χ0v) is 12.3. The molecule has 2 rings (SSSR count). The van der Waals surface area contributed by atoms with Gasteiger partial charge in [-0.05, 0) is 55.1 Å². The topological polar surface area (TPSA) is 9.23 Å². The summed E-state index contributed by atoms with van der Waals surface area (Å²) in [5, 5.41) is 0. The zero-order chi connectivity index (χ0) is 13.5. The summed E-state index contributed by atoms with van der Waals surface area (Å²) in [6, 6.07) is 9.26. The molecule has 0 bridgehead atoms. The lowest BCUT2D eigenvalue weighted by atomic mass is 9.78. The Labute approximate surface area is 117 Å². The van der Waals surface area contributed by atoms with Gasteiger partial charge in [0.1, 0.15) is 0 Å². The highest BCUT2D eigenvalue weighted by Crippen LogP contribution is 2.36. The van der Waals surface area contributed by atoms with Crippen LogP contribution in [0.3, 0.4) is 0 Å². The predicted molar refractivity (Wildman–Crippen MR) is 81.5 cm³/mol. The molecule has 0 aromatic heterocycles. The molecule has 0 atom stereocenters. The molecule has 1 nitrogen and oxygen atoms in total. The van der Waals surface area contributed by atoms with Gasteiger partial charge in [-0.15, -0.1) is 0 Å². The van der Waals surface area contributed by atoms with E-state index in [2.05, 4.69) is 43.3 Å². The Hall–Kier alpha value is -1.08. The predicted octanol–water partition coefficient (Wildman–Crippen LogP) is 4.73. The fourth-order valence-corrected chi connectivity index (χ4v) is 3.01. The highest BCUT2D eigenvalue weighted by atomic mass is 16.5. The fourth-order valence-electron chi connectivity index (χ4n) is 3.01. The summed E-state index contributed by atoms with van der Waals surface area (Å²) in [7, 11) is 1.75. The molecule has 0 saturated heterocycles. The smallest absolute Gasteiger partial charge is 0.0643 e. The van der Waals surface area contributed by atoms with Crippen molar-refractivity contribution in [2.75, 3.05) is 13.7 Å². The lowest BCUT2D eigenvalue weighted by Crippen LogP contribution is -2.11. The third-order valence-electron chi connectivity index (χ3n) is 4.30. The maximum absolute atomic E-state index is 5.06. The maximum atomic E-state index is 5.06. The minimum Gasteiger partial charge on any atom is -0.381 e. The summed E-state index contributed by atoms with van der Waals surface area (Å²) in [5.74, 6) is 1.54. The first-order valence-electron chi connectivity index (χ1n) is 7.58. The molecule has 0 aliphatic heterocycles. The number of benzene rings is 1. The molecule has 0 unspecified atom stereocenters. The molecule has 0 radical (unpaired) electrons. The molecule has 0 N–H and O–H groups in total. The van der Waals surface area contributed by atoms with E-state index in [4.69, 9.17) is 4.74 Å². The van der Waals surface area contributed by atoms with E-state index >= 15 is 0 Å². The van der Waals surface area contributed by atoms with E-state index in [9.17, 15) is 0 Å². The lowest BCUT2D eigenvalue weighted by Gasteiger charge is -2.27. The highest BCUT2D eigenvalue weighted by molar-refractivity contribution is 5.25. The number of hydrogen-bond acceptors (Lipinski definition) is 1. The molecular weight excluding hydrogens is 232 g/mol. The van der Waals surface area contributed by atoms with Crippen LogP contribution in [0.1, 0.15) is 49.7 Å². The molecule has 1 fully saturated rings. The average Bonchev–Trinajstić information content (AvgIpc) is 2.48. The third-order valence-corrected chi connectivity index (χ3v) is 4.30. The largest absolute Gasteiger partial charge is 0.381 e. The number of rotatable bonds is 5. The molecule has 0 spiro atoms. The fraction of sp³-hybridized carbons (Fsp3) is 0.556. The molecule has 1 heteroatoms. The summed E-state index contributed by atoms with van der Waals surface area (Å²) in [6.07, 6.45) is 10.9. The lowest BCUT2D eigenvalue weighted by molar-refractivity contribution is 0.233. The van der Waals surface area contributed by atoms with Gasteiger partial charge in [0.2, 0.25) is 0 Å². The normalized spacial score (nSPS) is 23.9. The van der Waals surface area contributed by atoms with Gasteiger partial charge in [0.25, 0.3) is 0 Å². The van der Waals surface area contributed by atoms with Gasteiger partial charge in [0.15, 0.2) is 0 Å². The van der Waals surface area contributed by atoms with Crippen LogP contribution in [0.2, 0.25) is 0 Å². The van der Waals surface area contributed by atoms with Gasteiger partial charge in [-0.25, -0.2) is 0 Å². The maximum Gasteiger partial charge on any atom is 0.0643 e. The van der Waals surface area contributed by atoms with Crippen LogP contribution in [0, 0.1) is 5.92 Å². The van der Waals surface area contributed by atoms with Crippen molar-refractivity contribution < 1.29 is 4.74 Å². The van der Waals surface area contributed by atoms with Gasteiger partial charge in [0, 0.05) is 7.11 Å². The van der Waals surface area contributed by atoms with E-state index in [0.717, 1.165) is 24.9 Å². The summed E-state index contributed by atoms with van der Waals surface area (Å²) in [4.78, 5) is 0. The van der Waals surface area contributed by atoms with Crippen LogP contribution in [0.5, 0.6) is 0 Å². The minimum absolute atomic E-state index is 0.748. The van der Waals surface area contributed by atoms with Crippen LogP contribution in [-0.4, -0.2) is 13.7 Å². The number of aryl methyl sites for hydroxylation is 1. The van der Waals surface area contributed by atoms with E-state index in [1.165, 1.54) is 36.8 Å². The van der Waals surface area contributed by atoms with Crippen LogP contribution >= 0.6 is 0 Å².